The molecule has 2 heterocycles. The number of aryl methyl sites for hydroxylation is 1. The molecule has 2 aromatic heterocycles. The number of rotatable bonds is 6. The highest BCUT2D eigenvalue weighted by Gasteiger charge is 2.21. The van der Waals surface area contributed by atoms with Gasteiger partial charge in [0, 0.05) is 28.9 Å². The number of thiazole rings is 1. The standard InChI is InChI=1S/C16H11N5O5S2/c1-9-8-27-16(18-9)28-14-3-2-10(6-12(14)20(23)24)15(22)19-11-4-5-17-7-13(11)21(25)26/h2-8H,1H3,(H,17,19,22). The Morgan fingerprint density at radius 3 is 2.57 bits per heavy atom. The lowest BCUT2D eigenvalue weighted by Gasteiger charge is -2.07. The summed E-state index contributed by atoms with van der Waals surface area (Å²) < 4.78 is 0.644. The van der Waals surface area contributed by atoms with E-state index >= 15 is 0 Å². The fourth-order valence-electron chi connectivity index (χ4n) is 2.19. The second-order valence-corrected chi connectivity index (χ2v) is 7.55. The van der Waals surface area contributed by atoms with Gasteiger partial charge in [-0.1, -0.05) is 11.8 Å². The van der Waals surface area contributed by atoms with Crippen molar-refractivity contribution in [3.63, 3.8) is 0 Å². The lowest BCUT2D eigenvalue weighted by Crippen LogP contribution is -2.13. The van der Waals surface area contributed by atoms with E-state index in [1.807, 2.05) is 12.3 Å². The van der Waals surface area contributed by atoms with Crippen molar-refractivity contribution < 1.29 is 14.6 Å². The zero-order valence-electron chi connectivity index (χ0n) is 14.2. The number of amides is 1. The van der Waals surface area contributed by atoms with Gasteiger partial charge in [0.15, 0.2) is 4.34 Å². The Kier molecular flexibility index (Phi) is 5.61. The van der Waals surface area contributed by atoms with Gasteiger partial charge in [-0.05, 0) is 25.1 Å². The fourth-order valence-corrected chi connectivity index (χ4v) is 4.07. The molecule has 0 unspecified atom stereocenters. The summed E-state index contributed by atoms with van der Waals surface area (Å²) in [5.74, 6) is -0.709. The number of hydrogen-bond donors (Lipinski definition) is 1. The predicted molar refractivity (Wildman–Crippen MR) is 103 cm³/mol. The number of hydrogen-bond acceptors (Lipinski definition) is 9. The monoisotopic (exact) mass is 417 g/mol. The van der Waals surface area contributed by atoms with E-state index in [-0.39, 0.29) is 22.6 Å². The molecule has 0 spiro atoms. The van der Waals surface area contributed by atoms with Crippen LogP contribution in [0, 0.1) is 27.2 Å². The molecule has 0 atom stereocenters. The third-order valence-electron chi connectivity index (χ3n) is 3.46. The number of pyridine rings is 1. The van der Waals surface area contributed by atoms with Crippen LogP contribution >= 0.6 is 23.1 Å². The van der Waals surface area contributed by atoms with Gasteiger partial charge in [0.05, 0.1) is 14.7 Å². The average Bonchev–Trinajstić information content (AvgIpc) is 3.06. The van der Waals surface area contributed by atoms with E-state index in [0.29, 0.717) is 9.24 Å². The number of benzene rings is 1. The van der Waals surface area contributed by atoms with E-state index in [1.165, 1.54) is 35.7 Å². The number of anilines is 1. The zero-order valence-corrected chi connectivity index (χ0v) is 15.8. The lowest BCUT2D eigenvalue weighted by atomic mass is 10.2. The molecule has 0 saturated heterocycles. The Hall–Kier alpha value is -3.38. The minimum absolute atomic E-state index is 0.00233. The van der Waals surface area contributed by atoms with E-state index in [4.69, 9.17) is 0 Å². The molecule has 28 heavy (non-hydrogen) atoms. The first-order valence-corrected chi connectivity index (χ1v) is 9.33. The van der Waals surface area contributed by atoms with Gasteiger partial charge in [0.1, 0.15) is 11.9 Å². The fraction of sp³-hybridized carbons (Fsp3) is 0.0625. The lowest BCUT2D eigenvalue weighted by molar-refractivity contribution is -0.387. The molecule has 0 fully saturated rings. The number of aromatic nitrogens is 2. The summed E-state index contributed by atoms with van der Waals surface area (Å²) in [7, 11) is 0. The second-order valence-electron chi connectivity index (χ2n) is 5.40. The molecule has 3 aromatic rings. The van der Waals surface area contributed by atoms with Gasteiger partial charge in [-0.2, -0.15) is 0 Å². The first-order chi connectivity index (χ1) is 13.3. The van der Waals surface area contributed by atoms with Crippen molar-refractivity contribution >= 4 is 46.1 Å². The highest BCUT2D eigenvalue weighted by molar-refractivity contribution is 8.01. The van der Waals surface area contributed by atoms with E-state index in [9.17, 15) is 25.0 Å². The normalized spacial score (nSPS) is 10.5. The molecule has 3 rings (SSSR count). The Labute approximate surface area is 165 Å². The van der Waals surface area contributed by atoms with Crippen LogP contribution in [0.3, 0.4) is 0 Å². The highest BCUT2D eigenvalue weighted by Crippen LogP contribution is 2.37. The number of nitrogens with zero attached hydrogens (tertiary/aromatic N) is 4. The first-order valence-electron chi connectivity index (χ1n) is 7.63. The SMILES string of the molecule is Cc1csc(Sc2ccc(C(=O)Nc3ccncc3[N+](=O)[O-])cc2[N+](=O)[O-])n1. The van der Waals surface area contributed by atoms with Gasteiger partial charge in [0.2, 0.25) is 0 Å². The predicted octanol–water partition coefficient (Wildman–Crippen LogP) is 4.07. The molecule has 0 aliphatic carbocycles. The van der Waals surface area contributed by atoms with Crippen molar-refractivity contribution in [3.8, 4) is 0 Å². The van der Waals surface area contributed by atoms with E-state index in [0.717, 1.165) is 29.7 Å². The largest absolute Gasteiger partial charge is 0.316 e. The van der Waals surface area contributed by atoms with Crippen molar-refractivity contribution in [2.45, 2.75) is 16.2 Å². The Morgan fingerprint density at radius 2 is 1.93 bits per heavy atom. The van der Waals surface area contributed by atoms with Crippen LogP contribution in [0.5, 0.6) is 0 Å². The Morgan fingerprint density at radius 1 is 1.18 bits per heavy atom. The smallest absolute Gasteiger partial charge is 0.310 e. The van der Waals surface area contributed by atoms with Crippen molar-refractivity contribution in [1.82, 2.24) is 9.97 Å². The quantitative estimate of drug-likeness (QED) is 0.467. The molecule has 1 amide bonds. The van der Waals surface area contributed by atoms with E-state index in [2.05, 4.69) is 15.3 Å². The van der Waals surface area contributed by atoms with Crippen LogP contribution in [0.1, 0.15) is 16.1 Å². The average molecular weight is 417 g/mol. The van der Waals surface area contributed by atoms with E-state index in [1.54, 1.807) is 0 Å². The second kappa shape index (κ2) is 8.10. The summed E-state index contributed by atoms with van der Waals surface area (Å²) in [4.78, 5) is 41.9. The van der Waals surface area contributed by atoms with Crippen molar-refractivity contribution in [2.24, 2.45) is 0 Å². The molecule has 1 aromatic carbocycles. The van der Waals surface area contributed by atoms with Crippen LogP contribution in [-0.2, 0) is 0 Å². The van der Waals surface area contributed by atoms with Gasteiger partial charge in [0.25, 0.3) is 11.6 Å². The molecule has 0 aliphatic heterocycles. The summed E-state index contributed by atoms with van der Waals surface area (Å²) in [6.45, 7) is 1.82. The van der Waals surface area contributed by atoms with Crippen molar-refractivity contribution in [3.05, 3.63) is 73.5 Å². The molecule has 12 heteroatoms. The van der Waals surface area contributed by atoms with Gasteiger partial charge in [-0.15, -0.1) is 11.3 Å². The molecule has 0 radical (unpaired) electrons. The van der Waals surface area contributed by atoms with Crippen molar-refractivity contribution in [2.75, 3.05) is 5.32 Å². The minimum Gasteiger partial charge on any atom is -0.316 e. The van der Waals surface area contributed by atoms with Crippen LogP contribution in [0.4, 0.5) is 17.1 Å². The maximum atomic E-state index is 12.4. The van der Waals surface area contributed by atoms with Crippen LogP contribution in [0.2, 0.25) is 0 Å². The summed E-state index contributed by atoms with van der Waals surface area (Å²) in [5, 5.41) is 26.7. The number of nitro groups is 2. The van der Waals surface area contributed by atoms with Crippen LogP contribution in [0.25, 0.3) is 0 Å². The van der Waals surface area contributed by atoms with E-state index < -0.39 is 15.8 Å². The van der Waals surface area contributed by atoms with Gasteiger partial charge >= 0.3 is 5.69 Å². The maximum absolute atomic E-state index is 12.4. The molecule has 0 bridgehead atoms. The molecule has 10 nitrogen and oxygen atoms in total. The first kappa shape index (κ1) is 19.4. The number of carbonyl (C=O) groups is 1. The molecule has 0 aliphatic rings. The van der Waals surface area contributed by atoms with Crippen LogP contribution in [-0.4, -0.2) is 25.7 Å². The van der Waals surface area contributed by atoms with Gasteiger partial charge in [-0.3, -0.25) is 30.0 Å². The minimum atomic E-state index is -0.709. The Bertz CT molecular complexity index is 1080. The maximum Gasteiger partial charge on any atom is 0.310 e. The van der Waals surface area contributed by atoms with Crippen LogP contribution in [0.15, 0.2) is 51.3 Å². The summed E-state index contributed by atoms with van der Waals surface area (Å²) in [6, 6.07) is 5.28. The molecule has 1 N–H and O–H groups in total. The third kappa shape index (κ3) is 4.29. The van der Waals surface area contributed by atoms with Gasteiger partial charge < -0.3 is 5.32 Å². The molecule has 0 saturated carbocycles. The summed E-state index contributed by atoms with van der Waals surface area (Å²) >= 11 is 2.49. The van der Waals surface area contributed by atoms with Crippen LogP contribution < -0.4 is 5.32 Å². The number of nitrogens with one attached hydrogen (secondary N) is 1. The Balaban J connectivity index is 1.88. The number of nitro benzene ring substituents is 1. The molecular weight excluding hydrogens is 406 g/mol. The zero-order chi connectivity index (χ0) is 20.3. The topological polar surface area (TPSA) is 141 Å². The number of carbonyl (C=O) groups excluding carboxylic acids is 1. The highest BCUT2D eigenvalue weighted by atomic mass is 32.2. The van der Waals surface area contributed by atoms with Gasteiger partial charge in [-0.25, -0.2) is 4.98 Å². The van der Waals surface area contributed by atoms with Crippen molar-refractivity contribution in [1.29, 1.82) is 0 Å². The summed E-state index contributed by atoms with van der Waals surface area (Å²) in [6.07, 6.45) is 2.30. The summed E-state index contributed by atoms with van der Waals surface area (Å²) in [5.41, 5.74) is 0.123. The molecule has 142 valence electrons. The molecular formula is C16H11N5O5S2. The third-order valence-corrected chi connectivity index (χ3v) is 5.58.